The number of hydrogen-bond donors (Lipinski definition) is 2. The van der Waals surface area contributed by atoms with Gasteiger partial charge in [0.2, 0.25) is 0 Å². The normalized spacial score (nSPS) is 21.0. The summed E-state index contributed by atoms with van der Waals surface area (Å²) in [4.78, 5) is 25.2. The second kappa shape index (κ2) is 7.06. The SMILES string of the molecule is CNC(=O)c1cc(C(=O)NC2CCC2)cc2c1OC(C)C2c1ccccc1. The fraction of sp³-hybridized carbons (Fsp3) is 0.364. The van der Waals surface area contributed by atoms with Crippen LogP contribution in [-0.4, -0.2) is 31.0 Å². The van der Waals surface area contributed by atoms with Gasteiger partial charge in [0.15, 0.2) is 0 Å². The molecule has 1 aliphatic carbocycles. The summed E-state index contributed by atoms with van der Waals surface area (Å²) in [6.45, 7) is 2.00. The van der Waals surface area contributed by atoms with E-state index in [9.17, 15) is 9.59 Å². The number of amides is 2. The molecular formula is C22H24N2O3. The third-order valence-electron chi connectivity index (χ3n) is 5.56. The van der Waals surface area contributed by atoms with Crippen LogP contribution in [0.2, 0.25) is 0 Å². The molecule has 2 aromatic rings. The van der Waals surface area contributed by atoms with E-state index < -0.39 is 0 Å². The van der Waals surface area contributed by atoms with Crippen molar-refractivity contribution in [3.63, 3.8) is 0 Å². The van der Waals surface area contributed by atoms with E-state index in [-0.39, 0.29) is 29.9 Å². The molecule has 2 atom stereocenters. The predicted molar refractivity (Wildman–Crippen MR) is 103 cm³/mol. The summed E-state index contributed by atoms with van der Waals surface area (Å²) in [6.07, 6.45) is 3.08. The molecule has 2 unspecified atom stereocenters. The number of fused-ring (bicyclic) bond motifs is 1. The average molecular weight is 364 g/mol. The maximum absolute atomic E-state index is 12.8. The fourth-order valence-corrected chi connectivity index (χ4v) is 3.89. The first-order valence-corrected chi connectivity index (χ1v) is 9.51. The second-order valence-corrected chi connectivity index (χ2v) is 7.33. The van der Waals surface area contributed by atoms with E-state index in [1.54, 1.807) is 13.1 Å². The summed E-state index contributed by atoms with van der Waals surface area (Å²) in [7, 11) is 1.59. The zero-order valence-electron chi connectivity index (χ0n) is 15.6. The molecule has 4 rings (SSSR count). The molecule has 0 bridgehead atoms. The van der Waals surface area contributed by atoms with Crippen LogP contribution >= 0.6 is 0 Å². The number of ether oxygens (including phenoxy) is 1. The van der Waals surface area contributed by atoms with Gasteiger partial charge in [-0.25, -0.2) is 0 Å². The molecule has 1 fully saturated rings. The van der Waals surface area contributed by atoms with E-state index in [1.165, 1.54) is 0 Å². The Bertz CT molecular complexity index is 875. The molecule has 5 heteroatoms. The Hall–Kier alpha value is -2.82. The molecule has 0 radical (unpaired) electrons. The minimum Gasteiger partial charge on any atom is -0.489 e. The Morgan fingerprint density at radius 2 is 1.81 bits per heavy atom. The summed E-state index contributed by atoms with van der Waals surface area (Å²) in [5.41, 5.74) is 2.94. The van der Waals surface area contributed by atoms with Crippen LogP contribution in [0.25, 0.3) is 0 Å². The highest BCUT2D eigenvalue weighted by molar-refractivity contribution is 6.02. The lowest BCUT2D eigenvalue weighted by molar-refractivity contribution is 0.0917. The average Bonchev–Trinajstić information content (AvgIpc) is 2.99. The quantitative estimate of drug-likeness (QED) is 0.875. The lowest BCUT2D eigenvalue weighted by atomic mass is 9.86. The first kappa shape index (κ1) is 17.6. The molecule has 140 valence electrons. The maximum atomic E-state index is 12.8. The zero-order valence-corrected chi connectivity index (χ0v) is 15.6. The summed E-state index contributed by atoms with van der Waals surface area (Å²) in [5, 5.41) is 5.72. The number of rotatable bonds is 4. The second-order valence-electron chi connectivity index (χ2n) is 7.33. The van der Waals surface area contributed by atoms with Gasteiger partial charge in [-0.05, 0) is 43.9 Å². The first-order chi connectivity index (χ1) is 13.1. The third-order valence-corrected chi connectivity index (χ3v) is 5.56. The van der Waals surface area contributed by atoms with Gasteiger partial charge in [-0.3, -0.25) is 9.59 Å². The summed E-state index contributed by atoms with van der Waals surface area (Å²) in [5.74, 6) is 0.196. The standard InChI is InChI=1S/C22H24N2O3/c1-13-19(14-7-4-3-5-8-14)17-11-15(21(25)24-16-9-6-10-16)12-18(20(17)27-13)22(26)23-2/h3-5,7-8,11-13,16,19H,6,9-10H2,1-2H3,(H,23,26)(H,24,25). The molecule has 1 aliphatic heterocycles. The van der Waals surface area contributed by atoms with E-state index in [0.717, 1.165) is 30.4 Å². The Balaban J connectivity index is 1.78. The number of carbonyl (C=O) groups is 2. The number of benzene rings is 2. The molecule has 2 aliphatic rings. The third kappa shape index (κ3) is 3.18. The molecule has 2 aromatic carbocycles. The van der Waals surface area contributed by atoms with Crippen molar-refractivity contribution in [3.8, 4) is 5.75 Å². The Morgan fingerprint density at radius 3 is 2.44 bits per heavy atom. The van der Waals surface area contributed by atoms with Gasteiger partial charge in [0, 0.05) is 30.1 Å². The minimum atomic E-state index is -0.245. The molecule has 0 spiro atoms. The Kier molecular flexibility index (Phi) is 4.60. The molecule has 5 nitrogen and oxygen atoms in total. The topological polar surface area (TPSA) is 67.4 Å². The van der Waals surface area contributed by atoms with E-state index >= 15 is 0 Å². The number of carbonyl (C=O) groups excluding carboxylic acids is 2. The van der Waals surface area contributed by atoms with Crippen LogP contribution in [0.5, 0.6) is 5.75 Å². The van der Waals surface area contributed by atoms with Gasteiger partial charge < -0.3 is 15.4 Å². The van der Waals surface area contributed by atoms with Gasteiger partial charge in [-0.1, -0.05) is 30.3 Å². The molecule has 0 saturated heterocycles. The highest BCUT2D eigenvalue weighted by atomic mass is 16.5. The van der Waals surface area contributed by atoms with Crippen LogP contribution < -0.4 is 15.4 Å². The molecule has 27 heavy (non-hydrogen) atoms. The number of hydrogen-bond acceptors (Lipinski definition) is 3. The molecule has 1 heterocycles. The van der Waals surface area contributed by atoms with Crippen LogP contribution in [0.1, 0.15) is 63.9 Å². The zero-order chi connectivity index (χ0) is 19.0. The molecule has 1 saturated carbocycles. The van der Waals surface area contributed by atoms with Crippen molar-refractivity contribution < 1.29 is 14.3 Å². The summed E-state index contributed by atoms with van der Waals surface area (Å²) < 4.78 is 6.08. The van der Waals surface area contributed by atoms with Gasteiger partial charge in [-0.2, -0.15) is 0 Å². The van der Waals surface area contributed by atoms with Crippen molar-refractivity contribution in [3.05, 3.63) is 64.7 Å². The monoisotopic (exact) mass is 364 g/mol. The fourth-order valence-electron chi connectivity index (χ4n) is 3.89. The lowest BCUT2D eigenvalue weighted by Crippen LogP contribution is -2.39. The van der Waals surface area contributed by atoms with E-state index in [2.05, 4.69) is 22.8 Å². The van der Waals surface area contributed by atoms with Crippen LogP contribution in [0.3, 0.4) is 0 Å². The highest BCUT2D eigenvalue weighted by Gasteiger charge is 2.36. The van der Waals surface area contributed by atoms with Gasteiger partial charge in [0.25, 0.3) is 11.8 Å². The summed E-state index contributed by atoms with van der Waals surface area (Å²) in [6, 6.07) is 13.8. The minimum absolute atomic E-state index is 0.0129. The lowest BCUT2D eigenvalue weighted by Gasteiger charge is -2.26. The largest absolute Gasteiger partial charge is 0.489 e. The molecule has 2 amide bonds. The van der Waals surface area contributed by atoms with Gasteiger partial charge >= 0.3 is 0 Å². The van der Waals surface area contributed by atoms with Gasteiger partial charge in [0.05, 0.1) is 5.56 Å². The van der Waals surface area contributed by atoms with Crippen molar-refractivity contribution in [2.45, 2.75) is 44.2 Å². The Morgan fingerprint density at radius 1 is 1.07 bits per heavy atom. The molecule has 0 aromatic heterocycles. The van der Waals surface area contributed by atoms with E-state index in [0.29, 0.717) is 16.9 Å². The van der Waals surface area contributed by atoms with Crippen molar-refractivity contribution in [2.75, 3.05) is 7.05 Å². The molecule has 2 N–H and O–H groups in total. The van der Waals surface area contributed by atoms with Gasteiger partial charge in [-0.15, -0.1) is 0 Å². The van der Waals surface area contributed by atoms with Crippen molar-refractivity contribution in [2.24, 2.45) is 0 Å². The van der Waals surface area contributed by atoms with E-state index in [4.69, 9.17) is 4.74 Å². The Labute approximate surface area is 159 Å². The summed E-state index contributed by atoms with van der Waals surface area (Å²) >= 11 is 0. The smallest absolute Gasteiger partial charge is 0.254 e. The van der Waals surface area contributed by atoms with Crippen LogP contribution in [-0.2, 0) is 0 Å². The molecular weight excluding hydrogens is 340 g/mol. The van der Waals surface area contributed by atoms with Crippen LogP contribution in [0.15, 0.2) is 42.5 Å². The predicted octanol–water partition coefficient (Wildman–Crippen LogP) is 3.24. The van der Waals surface area contributed by atoms with Crippen LogP contribution in [0.4, 0.5) is 0 Å². The van der Waals surface area contributed by atoms with Crippen molar-refractivity contribution >= 4 is 11.8 Å². The highest BCUT2D eigenvalue weighted by Crippen LogP contribution is 2.44. The van der Waals surface area contributed by atoms with Crippen LogP contribution in [0, 0.1) is 0 Å². The van der Waals surface area contributed by atoms with E-state index in [1.807, 2.05) is 31.2 Å². The van der Waals surface area contributed by atoms with Crippen molar-refractivity contribution in [1.82, 2.24) is 10.6 Å². The first-order valence-electron chi connectivity index (χ1n) is 9.51. The number of nitrogens with one attached hydrogen (secondary N) is 2. The van der Waals surface area contributed by atoms with Gasteiger partial charge in [0.1, 0.15) is 11.9 Å². The maximum Gasteiger partial charge on any atom is 0.254 e. The van der Waals surface area contributed by atoms with Crippen molar-refractivity contribution in [1.29, 1.82) is 0 Å².